The summed E-state index contributed by atoms with van der Waals surface area (Å²) in [4.78, 5) is 34.6. The van der Waals surface area contributed by atoms with Crippen molar-refractivity contribution in [3.05, 3.63) is 141 Å². The van der Waals surface area contributed by atoms with Gasteiger partial charge < -0.3 is 19.5 Å². The lowest BCUT2D eigenvalue weighted by molar-refractivity contribution is -0.141. The zero-order valence-electron chi connectivity index (χ0n) is 35.7. The summed E-state index contributed by atoms with van der Waals surface area (Å²) in [5, 5.41) is 20.7. The number of methoxy groups -OCH3 is 3. The van der Waals surface area contributed by atoms with E-state index in [4.69, 9.17) is 51.5 Å². The summed E-state index contributed by atoms with van der Waals surface area (Å²) >= 11 is 12.2. The Labute approximate surface area is 369 Å². The van der Waals surface area contributed by atoms with Crippen molar-refractivity contribution in [1.29, 1.82) is 0 Å². The number of hydrogen-bond acceptors (Lipinski definition) is 11. The van der Waals surface area contributed by atoms with Crippen molar-refractivity contribution < 1.29 is 27.9 Å². The topological polar surface area (TPSA) is 160 Å². The number of aliphatic imine (C=N–C) groups is 2. The van der Waals surface area contributed by atoms with E-state index in [0.717, 1.165) is 39.3 Å². The average Bonchev–Trinajstić information content (AvgIpc) is 3.76. The lowest BCUT2D eigenvalue weighted by atomic mass is 10.00. The number of nitrogens with zero attached hydrogens (tertiary/aromatic N) is 8. The summed E-state index contributed by atoms with van der Waals surface area (Å²) in [6, 6.07) is 24.8. The molecule has 0 spiro atoms. The molecule has 0 saturated carbocycles. The molecule has 1 N–H and O–H groups in total. The largest absolute Gasteiger partial charge is 0.497 e. The van der Waals surface area contributed by atoms with Gasteiger partial charge in [-0.2, -0.15) is 0 Å². The molecule has 318 valence electrons. The molecule has 61 heavy (non-hydrogen) atoms. The summed E-state index contributed by atoms with van der Waals surface area (Å²) < 4.78 is 41.5. The quantitative estimate of drug-likeness (QED) is 0.140. The Morgan fingerprint density at radius 2 is 1.11 bits per heavy atom. The van der Waals surface area contributed by atoms with Crippen LogP contribution in [0.4, 0.5) is 0 Å². The molecule has 2 aliphatic rings. The Morgan fingerprint density at radius 1 is 0.672 bits per heavy atom. The minimum Gasteiger partial charge on any atom is -0.497 e. The third-order valence-corrected chi connectivity index (χ3v) is 10.3. The monoisotopic (exact) mass is 868 g/mol. The van der Waals surface area contributed by atoms with Gasteiger partial charge in [-0.3, -0.25) is 28.7 Å². The third-order valence-electron chi connectivity index (χ3n) is 9.75. The van der Waals surface area contributed by atoms with Crippen molar-refractivity contribution in [2.75, 3.05) is 27.9 Å². The van der Waals surface area contributed by atoms with Crippen LogP contribution in [-0.2, 0) is 14.3 Å². The molecule has 2 aliphatic heterocycles. The minimum absolute atomic E-state index is 0. The second-order valence-corrected chi connectivity index (χ2v) is 14.3. The van der Waals surface area contributed by atoms with Crippen LogP contribution in [0.5, 0.6) is 11.5 Å². The molecular formula is C45H49Cl2N9O5. The number of aromatic nitrogens is 6. The van der Waals surface area contributed by atoms with E-state index in [-0.39, 0.29) is 33.7 Å². The van der Waals surface area contributed by atoms with Crippen LogP contribution in [0.15, 0.2) is 94.9 Å². The van der Waals surface area contributed by atoms with E-state index in [9.17, 15) is 9.59 Å². The summed E-state index contributed by atoms with van der Waals surface area (Å²) in [6.45, 7) is 1.01. The molecule has 0 saturated heterocycles. The molecule has 14 nitrogen and oxygen atoms in total. The molecule has 0 unspecified atom stereocenters. The molecule has 4 heterocycles. The van der Waals surface area contributed by atoms with Gasteiger partial charge in [0.2, 0.25) is 5.91 Å². The van der Waals surface area contributed by atoms with E-state index in [0.29, 0.717) is 50.6 Å². The predicted octanol–water partition coefficient (Wildman–Crippen LogP) is 8.62. The molecule has 2 atom stereocenters. The van der Waals surface area contributed by atoms with Crippen LogP contribution < -0.4 is 14.8 Å². The fourth-order valence-electron chi connectivity index (χ4n) is 6.94. The highest BCUT2D eigenvalue weighted by atomic mass is 35.5. The molecule has 6 aromatic rings. The fourth-order valence-corrected chi connectivity index (χ4v) is 7.19. The molecule has 0 aliphatic carbocycles. The van der Waals surface area contributed by atoms with Gasteiger partial charge in [-0.05, 0) is 81.4 Å². The normalized spacial score (nSPS) is 15.4. The number of nitrogens with one attached hydrogen (secondary N) is 1. The van der Waals surface area contributed by atoms with E-state index in [1.54, 1.807) is 26.4 Å². The maximum absolute atomic E-state index is 12.6. The molecule has 0 fully saturated rings. The van der Waals surface area contributed by atoms with Gasteiger partial charge in [0.15, 0.2) is 11.6 Å². The van der Waals surface area contributed by atoms with Gasteiger partial charge in [0.05, 0.1) is 57.0 Å². The molecule has 16 heteroatoms. The molecular weight excluding hydrogens is 817 g/mol. The first-order chi connectivity index (χ1) is 29.7. The Balaban J connectivity index is 0.000000235. The number of amides is 1. The van der Waals surface area contributed by atoms with Crippen molar-refractivity contribution >= 4 is 46.5 Å². The zero-order valence-corrected chi connectivity index (χ0v) is 34.2. The Bertz CT molecular complexity index is 2700. The van der Waals surface area contributed by atoms with Gasteiger partial charge >= 0.3 is 5.97 Å². The number of rotatable bonds is 9. The Hall–Kier alpha value is -6.38. The van der Waals surface area contributed by atoms with Crippen LogP contribution in [0.3, 0.4) is 0 Å². The summed E-state index contributed by atoms with van der Waals surface area (Å²) in [5.41, 5.74) is 6.33. The molecule has 0 bridgehead atoms. The highest BCUT2D eigenvalue weighted by Crippen LogP contribution is 2.36. The molecule has 2 aromatic heterocycles. The number of carbonyl (C=O) groups excluding carboxylic acids is 2. The van der Waals surface area contributed by atoms with Crippen LogP contribution >= 0.6 is 23.2 Å². The summed E-state index contributed by atoms with van der Waals surface area (Å²) in [5.74, 6) is 2.96. The maximum Gasteiger partial charge on any atom is 0.308 e. The second kappa shape index (κ2) is 19.8. The van der Waals surface area contributed by atoms with Gasteiger partial charge in [-0.25, -0.2) is 0 Å². The smallest absolute Gasteiger partial charge is 0.308 e. The van der Waals surface area contributed by atoms with E-state index >= 15 is 0 Å². The van der Waals surface area contributed by atoms with Gasteiger partial charge in [-0.15, -0.1) is 20.4 Å². The molecule has 8 rings (SSSR count). The van der Waals surface area contributed by atoms with Crippen molar-refractivity contribution in [2.24, 2.45) is 9.98 Å². The minimum atomic E-state index is -2.26. The standard InChI is InChI=1S/C22H22ClN5O2.C21H19ClN4O3.2CH4/c1-4-24-20(29)12-18-22-27-26-13(2)28(22)19-10-9-16(30-3)11-17(19)21(25-18)14-5-7-15(23)8-6-14;1-12-24-25-21-17(11-19(27)29-3)23-20(13-4-6-14(22)7-5-13)16-10-15(28-2)8-9-18(16)26(12)21;;/h5-11,18H,4,12H2,1-3H3,(H,24,29);4-10,17H,11H2,1-3H3;2*1H4/t18-;17-;;/m00../s1/i1D3;;;. The van der Waals surface area contributed by atoms with Crippen molar-refractivity contribution in [3.8, 4) is 22.9 Å². The van der Waals surface area contributed by atoms with Gasteiger partial charge in [0.1, 0.15) is 35.2 Å². The van der Waals surface area contributed by atoms with Gasteiger partial charge in [0.25, 0.3) is 0 Å². The van der Waals surface area contributed by atoms with E-state index in [1.165, 1.54) is 7.11 Å². The van der Waals surface area contributed by atoms with E-state index < -0.39 is 31.4 Å². The summed E-state index contributed by atoms with van der Waals surface area (Å²) in [6.07, 6.45) is -0.0345. The number of ether oxygens (including phenoxy) is 3. The highest BCUT2D eigenvalue weighted by Gasteiger charge is 2.32. The van der Waals surface area contributed by atoms with Crippen LogP contribution in [0, 0.1) is 13.8 Å². The number of aryl methyl sites for hydroxylation is 2. The van der Waals surface area contributed by atoms with Crippen molar-refractivity contribution in [3.63, 3.8) is 0 Å². The molecule has 4 aromatic carbocycles. The SMILES string of the molecule is C.C.COC(=O)C[C@@H]1N=C(c2ccc(Cl)cc2)c2cc(OC)ccc2-n2c(C)nnc21.[2H]C([2H])([2H])CNC(=O)C[C@@H]1N=C(c2ccc(Cl)cc2)c2cc(OC)ccc2-n2c(C)nnc21. The van der Waals surface area contributed by atoms with Crippen LogP contribution in [0.1, 0.15) is 96.3 Å². The number of fused-ring (bicyclic) bond motifs is 6. The van der Waals surface area contributed by atoms with Gasteiger partial charge in [0, 0.05) is 43.0 Å². The third kappa shape index (κ3) is 9.50. The number of hydrogen-bond donors (Lipinski definition) is 1. The van der Waals surface area contributed by atoms with E-state index in [2.05, 4.69) is 25.7 Å². The van der Waals surface area contributed by atoms with E-state index in [1.807, 2.05) is 95.8 Å². The van der Waals surface area contributed by atoms with Crippen LogP contribution in [-0.4, -0.2) is 80.7 Å². The predicted molar refractivity (Wildman–Crippen MR) is 238 cm³/mol. The van der Waals surface area contributed by atoms with Crippen LogP contribution in [0.2, 0.25) is 10.0 Å². The maximum atomic E-state index is 12.6. The Kier molecular flexibility index (Phi) is 13.4. The molecule has 1 amide bonds. The number of benzene rings is 4. The first-order valence-electron chi connectivity index (χ1n) is 19.9. The van der Waals surface area contributed by atoms with Crippen molar-refractivity contribution in [1.82, 2.24) is 34.8 Å². The second-order valence-electron chi connectivity index (χ2n) is 13.4. The number of carbonyl (C=O) groups is 2. The summed E-state index contributed by atoms with van der Waals surface area (Å²) in [7, 11) is 4.57. The van der Waals surface area contributed by atoms with Crippen molar-refractivity contribution in [2.45, 2.75) is 60.5 Å². The highest BCUT2D eigenvalue weighted by molar-refractivity contribution is 6.31. The number of halogens is 2. The lowest BCUT2D eigenvalue weighted by Crippen LogP contribution is -2.25. The zero-order chi connectivity index (χ0) is 44.3. The average molecular weight is 870 g/mol. The van der Waals surface area contributed by atoms with Gasteiger partial charge in [-0.1, -0.05) is 62.3 Å². The van der Waals surface area contributed by atoms with Crippen LogP contribution in [0.25, 0.3) is 11.4 Å². The fraction of sp³-hybridized carbons (Fsp3) is 0.289. The first kappa shape index (κ1) is 41.4. The Morgan fingerprint density at radius 3 is 1.52 bits per heavy atom. The number of esters is 1. The molecule has 0 radical (unpaired) electrons. The lowest BCUT2D eigenvalue weighted by Gasteiger charge is -2.14. The first-order valence-corrected chi connectivity index (χ1v) is 19.2.